The third-order valence-corrected chi connectivity index (χ3v) is 4.87. The average molecular weight is 304 g/mol. The number of nitrogens with zero attached hydrogens (tertiary/aromatic N) is 2. The molecule has 6 nitrogen and oxygen atoms in total. The first-order valence-corrected chi connectivity index (χ1v) is 7.59. The maximum Gasteiger partial charge on any atom is 0.289 e. The summed E-state index contributed by atoms with van der Waals surface area (Å²) in [6.07, 6.45) is 1.43. The Hall–Kier alpha value is -2.41. The van der Waals surface area contributed by atoms with Gasteiger partial charge >= 0.3 is 0 Å². The second kappa shape index (κ2) is 4.56. The summed E-state index contributed by atoms with van der Waals surface area (Å²) in [4.78, 5) is 16.3. The summed E-state index contributed by atoms with van der Waals surface area (Å²) in [6, 6.07) is 7.77. The molecule has 2 aromatic rings. The zero-order chi connectivity index (χ0) is 15.2. The molecule has 0 spiro atoms. The van der Waals surface area contributed by atoms with Gasteiger partial charge in [0.25, 0.3) is 15.9 Å². The van der Waals surface area contributed by atoms with Crippen LogP contribution >= 0.6 is 0 Å². The summed E-state index contributed by atoms with van der Waals surface area (Å²) in [5.41, 5.74) is 1.09. The van der Waals surface area contributed by atoms with Crippen molar-refractivity contribution < 1.29 is 17.9 Å². The van der Waals surface area contributed by atoms with Crippen molar-refractivity contribution in [3.63, 3.8) is 0 Å². The fourth-order valence-electron chi connectivity index (χ4n) is 2.19. The van der Waals surface area contributed by atoms with E-state index in [0.717, 1.165) is 9.87 Å². The summed E-state index contributed by atoms with van der Waals surface area (Å²) in [7, 11) is -2.44. The molecule has 0 saturated heterocycles. The minimum Gasteiger partial charge on any atom is -0.497 e. The van der Waals surface area contributed by atoms with E-state index in [2.05, 4.69) is 4.98 Å². The highest BCUT2D eigenvalue weighted by Crippen LogP contribution is 2.34. The summed E-state index contributed by atoms with van der Waals surface area (Å²) >= 11 is 0. The van der Waals surface area contributed by atoms with Gasteiger partial charge in [0.05, 0.1) is 18.4 Å². The van der Waals surface area contributed by atoms with Gasteiger partial charge in [0.1, 0.15) is 5.75 Å². The van der Waals surface area contributed by atoms with E-state index in [9.17, 15) is 13.2 Å². The summed E-state index contributed by atoms with van der Waals surface area (Å²) in [5, 5.41) is -0.200. The molecular weight excluding hydrogens is 292 g/mol. The van der Waals surface area contributed by atoms with Crippen LogP contribution in [-0.4, -0.2) is 26.4 Å². The minimum atomic E-state index is -3.95. The number of anilines is 1. The summed E-state index contributed by atoms with van der Waals surface area (Å²) in [6.45, 7) is 1.75. The molecule has 3 rings (SSSR count). The molecule has 0 saturated carbocycles. The van der Waals surface area contributed by atoms with Crippen LogP contribution < -0.4 is 9.04 Å². The van der Waals surface area contributed by atoms with E-state index in [4.69, 9.17) is 4.74 Å². The Balaban J connectivity index is 2.15. The van der Waals surface area contributed by atoms with Gasteiger partial charge < -0.3 is 4.74 Å². The smallest absolute Gasteiger partial charge is 0.289 e. The van der Waals surface area contributed by atoms with Crippen LogP contribution in [0.4, 0.5) is 5.69 Å². The molecule has 0 N–H and O–H groups in total. The number of benzene rings is 1. The first kappa shape index (κ1) is 13.6. The van der Waals surface area contributed by atoms with E-state index >= 15 is 0 Å². The molecule has 0 bridgehead atoms. The molecular formula is C14H12N2O4S. The molecule has 0 radical (unpaired) electrons. The molecule has 1 amide bonds. The largest absolute Gasteiger partial charge is 0.497 e. The van der Waals surface area contributed by atoms with Crippen LogP contribution in [-0.2, 0) is 10.0 Å². The molecule has 108 valence electrons. The Labute approximate surface area is 122 Å². The first-order valence-electron chi connectivity index (χ1n) is 6.15. The van der Waals surface area contributed by atoms with E-state index in [1.807, 2.05) is 0 Å². The Morgan fingerprint density at radius 2 is 1.86 bits per heavy atom. The quantitative estimate of drug-likeness (QED) is 0.844. The highest BCUT2D eigenvalue weighted by atomic mass is 32.2. The molecule has 0 fully saturated rings. The fourth-order valence-corrected chi connectivity index (χ4v) is 3.69. The van der Waals surface area contributed by atoms with Gasteiger partial charge in [-0.1, -0.05) is 0 Å². The van der Waals surface area contributed by atoms with E-state index in [0.29, 0.717) is 5.75 Å². The van der Waals surface area contributed by atoms with Gasteiger partial charge in [0.2, 0.25) is 0 Å². The number of fused-ring (bicyclic) bond motifs is 1. The van der Waals surface area contributed by atoms with Crippen molar-refractivity contribution in [1.82, 2.24) is 4.98 Å². The Morgan fingerprint density at radius 3 is 2.48 bits per heavy atom. The number of ether oxygens (including phenoxy) is 1. The molecule has 0 unspecified atom stereocenters. The third kappa shape index (κ3) is 1.97. The van der Waals surface area contributed by atoms with Crippen molar-refractivity contribution in [2.75, 3.05) is 11.4 Å². The molecule has 1 aromatic heterocycles. The maximum absolute atomic E-state index is 12.5. The number of aryl methyl sites for hydroxylation is 1. The van der Waals surface area contributed by atoms with Crippen molar-refractivity contribution in [3.05, 3.63) is 47.7 Å². The highest BCUT2D eigenvalue weighted by Gasteiger charge is 2.43. The maximum atomic E-state index is 12.5. The average Bonchev–Trinajstić information content (AvgIpc) is 2.66. The number of amides is 1. The summed E-state index contributed by atoms with van der Waals surface area (Å²) < 4.78 is 30.7. The third-order valence-electron chi connectivity index (χ3n) is 3.19. The lowest BCUT2D eigenvalue weighted by molar-refractivity contribution is 0.101. The lowest BCUT2D eigenvalue weighted by atomic mass is 10.2. The molecule has 0 atom stereocenters. The van der Waals surface area contributed by atoms with Crippen LogP contribution in [0.5, 0.6) is 5.75 Å². The molecule has 1 aliphatic rings. The monoisotopic (exact) mass is 304 g/mol. The van der Waals surface area contributed by atoms with Gasteiger partial charge in [0.15, 0.2) is 5.03 Å². The predicted octanol–water partition coefficient (Wildman–Crippen LogP) is 1.75. The Kier molecular flexibility index (Phi) is 2.94. The number of hydrogen-bond donors (Lipinski definition) is 0. The zero-order valence-electron chi connectivity index (χ0n) is 11.4. The van der Waals surface area contributed by atoms with Gasteiger partial charge in [-0.05, 0) is 42.8 Å². The van der Waals surface area contributed by atoms with E-state index in [-0.39, 0.29) is 16.3 Å². The van der Waals surface area contributed by atoms with Crippen LogP contribution in [0.3, 0.4) is 0 Å². The standard InChI is InChI=1S/C14H12N2O4S/c1-9-7-12-13(15-8-9)21(18,19)16(14(12)17)10-3-5-11(20-2)6-4-10/h3-8H,1-2H3. The first-order chi connectivity index (χ1) is 9.95. The van der Waals surface area contributed by atoms with Crippen molar-refractivity contribution in [2.45, 2.75) is 11.9 Å². The normalized spacial score (nSPS) is 15.9. The second-order valence-corrected chi connectivity index (χ2v) is 6.34. The number of hydrogen-bond acceptors (Lipinski definition) is 5. The topological polar surface area (TPSA) is 76.6 Å². The van der Waals surface area contributed by atoms with Crippen LogP contribution in [0.1, 0.15) is 15.9 Å². The summed E-state index contributed by atoms with van der Waals surface area (Å²) in [5.74, 6) is -0.0133. The molecule has 0 aliphatic carbocycles. The van der Waals surface area contributed by atoms with Crippen molar-refractivity contribution in [2.24, 2.45) is 0 Å². The number of sulfonamides is 1. The molecule has 7 heteroatoms. The highest BCUT2D eigenvalue weighted by molar-refractivity contribution is 7.94. The van der Waals surface area contributed by atoms with Gasteiger partial charge in [-0.25, -0.2) is 4.98 Å². The second-order valence-electron chi connectivity index (χ2n) is 4.64. The molecule has 1 aliphatic heterocycles. The van der Waals surface area contributed by atoms with Crippen LogP contribution in [0.15, 0.2) is 41.6 Å². The van der Waals surface area contributed by atoms with Gasteiger partial charge in [0, 0.05) is 6.20 Å². The lowest BCUT2D eigenvalue weighted by Gasteiger charge is -2.14. The molecule has 1 aromatic carbocycles. The zero-order valence-corrected chi connectivity index (χ0v) is 12.2. The van der Waals surface area contributed by atoms with Crippen LogP contribution in [0.2, 0.25) is 0 Å². The van der Waals surface area contributed by atoms with Crippen molar-refractivity contribution >= 4 is 21.6 Å². The number of carbonyl (C=O) groups excluding carboxylic acids is 1. The van der Waals surface area contributed by atoms with E-state index < -0.39 is 15.9 Å². The van der Waals surface area contributed by atoms with Crippen LogP contribution in [0, 0.1) is 6.92 Å². The van der Waals surface area contributed by atoms with E-state index in [1.165, 1.54) is 31.5 Å². The number of pyridine rings is 1. The number of rotatable bonds is 2. The number of carbonyl (C=O) groups is 1. The van der Waals surface area contributed by atoms with Crippen molar-refractivity contribution in [3.8, 4) is 5.75 Å². The number of aromatic nitrogens is 1. The minimum absolute atomic E-state index is 0.103. The molecule has 2 heterocycles. The Morgan fingerprint density at radius 1 is 1.19 bits per heavy atom. The van der Waals surface area contributed by atoms with Gasteiger partial charge in [-0.3, -0.25) is 4.79 Å². The van der Waals surface area contributed by atoms with E-state index in [1.54, 1.807) is 19.1 Å². The fraction of sp³-hybridized carbons (Fsp3) is 0.143. The predicted molar refractivity (Wildman–Crippen MR) is 76.0 cm³/mol. The van der Waals surface area contributed by atoms with Gasteiger partial charge in [-0.2, -0.15) is 12.7 Å². The SMILES string of the molecule is COc1ccc(N2C(=O)c3cc(C)cnc3S2(=O)=O)cc1. The number of methoxy groups -OCH3 is 1. The van der Waals surface area contributed by atoms with Crippen LogP contribution in [0.25, 0.3) is 0 Å². The van der Waals surface area contributed by atoms with Gasteiger partial charge in [-0.15, -0.1) is 0 Å². The molecule has 21 heavy (non-hydrogen) atoms. The van der Waals surface area contributed by atoms with Crippen molar-refractivity contribution in [1.29, 1.82) is 0 Å². The lowest BCUT2D eigenvalue weighted by Crippen LogP contribution is -2.29. The Bertz CT molecular complexity index is 829.